The Bertz CT molecular complexity index is 822. The van der Waals surface area contributed by atoms with E-state index >= 15 is 0 Å². The fourth-order valence-corrected chi connectivity index (χ4v) is 4.34. The summed E-state index contributed by atoms with van der Waals surface area (Å²) in [4.78, 5) is 32.6. The summed E-state index contributed by atoms with van der Waals surface area (Å²) < 4.78 is 0. The highest BCUT2D eigenvalue weighted by molar-refractivity contribution is 5.89. The number of piperazine rings is 1. The van der Waals surface area contributed by atoms with Gasteiger partial charge in [0.2, 0.25) is 11.8 Å². The molecule has 0 spiro atoms. The molecule has 6 heteroatoms. The molecule has 6 nitrogen and oxygen atoms in total. The van der Waals surface area contributed by atoms with Crippen LogP contribution in [0.5, 0.6) is 0 Å². The normalized spacial score (nSPS) is 23.6. The summed E-state index contributed by atoms with van der Waals surface area (Å²) in [5, 5.41) is 4.51. The SMILES string of the molecule is C[C@H]1C[C@@H](C(=O)N2CCN(C(=O)Cc3c[nH]c4ccccc34)CC2)CCN1. The minimum atomic E-state index is 0.134. The van der Waals surface area contributed by atoms with Gasteiger partial charge in [-0.2, -0.15) is 0 Å². The Hall–Kier alpha value is -2.34. The van der Waals surface area contributed by atoms with Crippen molar-refractivity contribution in [3.8, 4) is 0 Å². The lowest BCUT2D eigenvalue weighted by molar-refractivity contribution is -0.142. The molecular formula is C21H28N4O2. The molecular weight excluding hydrogens is 340 g/mol. The van der Waals surface area contributed by atoms with E-state index in [1.807, 2.05) is 40.3 Å². The highest BCUT2D eigenvalue weighted by Crippen LogP contribution is 2.21. The van der Waals surface area contributed by atoms with Crippen molar-refractivity contribution in [1.82, 2.24) is 20.1 Å². The molecule has 2 aromatic rings. The lowest BCUT2D eigenvalue weighted by Crippen LogP contribution is -2.53. The van der Waals surface area contributed by atoms with Crippen LogP contribution in [-0.2, 0) is 16.0 Å². The summed E-state index contributed by atoms with van der Waals surface area (Å²) in [5.41, 5.74) is 2.10. The third kappa shape index (κ3) is 3.86. The highest BCUT2D eigenvalue weighted by atomic mass is 16.2. The van der Waals surface area contributed by atoms with E-state index in [-0.39, 0.29) is 17.7 Å². The Kier molecular flexibility index (Phi) is 5.16. The fourth-order valence-electron chi connectivity index (χ4n) is 4.34. The molecule has 4 rings (SSSR count). The van der Waals surface area contributed by atoms with E-state index in [4.69, 9.17) is 0 Å². The second-order valence-corrected chi connectivity index (χ2v) is 7.82. The Morgan fingerprint density at radius 3 is 2.63 bits per heavy atom. The van der Waals surface area contributed by atoms with E-state index in [0.717, 1.165) is 35.9 Å². The average Bonchev–Trinajstić information content (AvgIpc) is 3.10. The third-order valence-electron chi connectivity index (χ3n) is 5.93. The molecule has 2 N–H and O–H groups in total. The number of rotatable bonds is 3. The minimum absolute atomic E-state index is 0.134. The van der Waals surface area contributed by atoms with Crippen LogP contribution in [0.25, 0.3) is 10.9 Å². The van der Waals surface area contributed by atoms with Gasteiger partial charge in [-0.15, -0.1) is 0 Å². The summed E-state index contributed by atoms with van der Waals surface area (Å²) in [6.07, 6.45) is 4.17. The average molecular weight is 368 g/mol. The maximum Gasteiger partial charge on any atom is 0.227 e. The highest BCUT2D eigenvalue weighted by Gasteiger charge is 2.31. The van der Waals surface area contributed by atoms with Gasteiger partial charge in [0.25, 0.3) is 0 Å². The second-order valence-electron chi connectivity index (χ2n) is 7.82. The first-order valence-electron chi connectivity index (χ1n) is 9.97. The van der Waals surface area contributed by atoms with Crippen LogP contribution in [0.15, 0.2) is 30.5 Å². The van der Waals surface area contributed by atoms with Gasteiger partial charge in [-0.05, 0) is 37.9 Å². The third-order valence-corrected chi connectivity index (χ3v) is 5.93. The second kappa shape index (κ2) is 7.72. The van der Waals surface area contributed by atoms with Crippen LogP contribution >= 0.6 is 0 Å². The van der Waals surface area contributed by atoms with Crippen LogP contribution in [0.4, 0.5) is 0 Å². The molecule has 2 atom stereocenters. The number of aromatic nitrogens is 1. The topological polar surface area (TPSA) is 68.4 Å². The van der Waals surface area contributed by atoms with Crippen molar-refractivity contribution in [2.75, 3.05) is 32.7 Å². The molecule has 2 fully saturated rings. The fraction of sp³-hybridized carbons (Fsp3) is 0.524. The van der Waals surface area contributed by atoms with Gasteiger partial charge in [0.15, 0.2) is 0 Å². The molecule has 1 aromatic carbocycles. The van der Waals surface area contributed by atoms with Gasteiger partial charge in [0, 0.05) is 55.2 Å². The van der Waals surface area contributed by atoms with Crippen LogP contribution < -0.4 is 5.32 Å². The molecule has 2 aliphatic rings. The molecule has 144 valence electrons. The number of para-hydroxylation sites is 1. The number of amides is 2. The number of hydrogen-bond donors (Lipinski definition) is 2. The summed E-state index contributed by atoms with van der Waals surface area (Å²) in [5.74, 6) is 0.546. The van der Waals surface area contributed by atoms with Crippen molar-refractivity contribution in [3.05, 3.63) is 36.0 Å². The van der Waals surface area contributed by atoms with Crippen molar-refractivity contribution in [2.45, 2.75) is 32.2 Å². The number of aromatic amines is 1. The molecule has 27 heavy (non-hydrogen) atoms. The Morgan fingerprint density at radius 1 is 1.11 bits per heavy atom. The summed E-state index contributed by atoms with van der Waals surface area (Å²) in [6, 6.07) is 8.46. The van der Waals surface area contributed by atoms with E-state index in [1.54, 1.807) is 0 Å². The van der Waals surface area contributed by atoms with Gasteiger partial charge in [-0.25, -0.2) is 0 Å². The monoisotopic (exact) mass is 368 g/mol. The van der Waals surface area contributed by atoms with Gasteiger partial charge in [0.05, 0.1) is 6.42 Å². The van der Waals surface area contributed by atoms with E-state index in [0.29, 0.717) is 38.6 Å². The predicted octanol–water partition coefficient (Wildman–Crippen LogP) is 1.77. The van der Waals surface area contributed by atoms with Crippen molar-refractivity contribution in [1.29, 1.82) is 0 Å². The molecule has 2 amide bonds. The number of carbonyl (C=O) groups is 2. The Morgan fingerprint density at radius 2 is 1.85 bits per heavy atom. The van der Waals surface area contributed by atoms with E-state index < -0.39 is 0 Å². The molecule has 2 aliphatic heterocycles. The zero-order valence-corrected chi connectivity index (χ0v) is 15.9. The molecule has 0 radical (unpaired) electrons. The summed E-state index contributed by atoms with van der Waals surface area (Å²) in [7, 11) is 0. The number of H-pyrrole nitrogens is 1. The number of benzene rings is 1. The zero-order chi connectivity index (χ0) is 18.8. The number of fused-ring (bicyclic) bond motifs is 1. The van der Waals surface area contributed by atoms with E-state index in [2.05, 4.69) is 17.2 Å². The maximum atomic E-state index is 12.8. The summed E-state index contributed by atoms with van der Waals surface area (Å²) >= 11 is 0. The van der Waals surface area contributed by atoms with Gasteiger partial charge in [0.1, 0.15) is 0 Å². The standard InChI is InChI=1S/C21H28N4O2/c1-15-12-16(6-7-22-15)21(27)25-10-8-24(9-11-25)20(26)13-17-14-23-19-5-3-2-4-18(17)19/h2-5,14-16,22-23H,6-13H2,1H3/t15-,16-/m0/s1. The van der Waals surface area contributed by atoms with Crippen molar-refractivity contribution in [2.24, 2.45) is 5.92 Å². The molecule has 0 bridgehead atoms. The molecule has 0 unspecified atom stereocenters. The lowest BCUT2D eigenvalue weighted by Gasteiger charge is -2.38. The zero-order valence-electron chi connectivity index (χ0n) is 15.9. The maximum absolute atomic E-state index is 12.8. The van der Waals surface area contributed by atoms with Gasteiger partial charge < -0.3 is 20.1 Å². The predicted molar refractivity (Wildman–Crippen MR) is 105 cm³/mol. The number of carbonyl (C=O) groups excluding carboxylic acids is 2. The van der Waals surface area contributed by atoms with Crippen LogP contribution in [-0.4, -0.2) is 65.4 Å². The Labute approximate surface area is 159 Å². The van der Waals surface area contributed by atoms with Gasteiger partial charge in [-0.3, -0.25) is 9.59 Å². The van der Waals surface area contributed by atoms with Crippen LogP contribution in [0.3, 0.4) is 0 Å². The van der Waals surface area contributed by atoms with Crippen molar-refractivity contribution >= 4 is 22.7 Å². The largest absolute Gasteiger partial charge is 0.361 e. The van der Waals surface area contributed by atoms with Crippen molar-refractivity contribution in [3.63, 3.8) is 0 Å². The molecule has 1 aromatic heterocycles. The first-order chi connectivity index (χ1) is 13.1. The van der Waals surface area contributed by atoms with E-state index in [9.17, 15) is 9.59 Å². The molecule has 3 heterocycles. The Balaban J connectivity index is 1.32. The molecule has 0 saturated carbocycles. The molecule has 2 saturated heterocycles. The van der Waals surface area contributed by atoms with Crippen LogP contribution in [0.2, 0.25) is 0 Å². The van der Waals surface area contributed by atoms with Gasteiger partial charge in [-0.1, -0.05) is 18.2 Å². The van der Waals surface area contributed by atoms with Gasteiger partial charge >= 0.3 is 0 Å². The number of hydrogen-bond acceptors (Lipinski definition) is 3. The number of nitrogens with zero attached hydrogens (tertiary/aromatic N) is 2. The lowest BCUT2D eigenvalue weighted by atomic mass is 9.92. The van der Waals surface area contributed by atoms with E-state index in [1.165, 1.54) is 0 Å². The quantitative estimate of drug-likeness (QED) is 0.868. The number of nitrogens with one attached hydrogen (secondary N) is 2. The first-order valence-corrected chi connectivity index (χ1v) is 9.97. The molecule has 0 aliphatic carbocycles. The van der Waals surface area contributed by atoms with Crippen molar-refractivity contribution < 1.29 is 9.59 Å². The first kappa shape index (κ1) is 18.0. The van der Waals surface area contributed by atoms with Crippen LogP contribution in [0, 0.1) is 5.92 Å². The van der Waals surface area contributed by atoms with Crippen LogP contribution in [0.1, 0.15) is 25.3 Å². The number of piperidine rings is 1. The smallest absolute Gasteiger partial charge is 0.227 e. The summed E-state index contributed by atoms with van der Waals surface area (Å²) in [6.45, 7) is 5.62. The minimum Gasteiger partial charge on any atom is -0.361 e.